The molecule has 0 radical (unpaired) electrons. The van der Waals surface area contributed by atoms with E-state index >= 15 is 0 Å². The van der Waals surface area contributed by atoms with E-state index in [4.69, 9.17) is 4.42 Å². The molecule has 2 atom stereocenters. The highest BCUT2D eigenvalue weighted by Gasteiger charge is 2.44. The van der Waals surface area contributed by atoms with Crippen molar-refractivity contribution in [2.45, 2.75) is 31.9 Å². The second-order valence-electron chi connectivity index (χ2n) is 5.61. The van der Waals surface area contributed by atoms with E-state index in [1.165, 1.54) is 0 Å². The number of alkyl halides is 3. The molecule has 2 aromatic rings. The van der Waals surface area contributed by atoms with Gasteiger partial charge in [-0.05, 0) is 31.4 Å². The zero-order valence-electron chi connectivity index (χ0n) is 11.3. The van der Waals surface area contributed by atoms with Gasteiger partial charge in [0.2, 0.25) is 5.78 Å². The SMILES string of the molecule is O=C(c1cc2ccccc2o1)C1CCCC(C(F)(F)F)C1. The third-order valence-corrected chi connectivity index (χ3v) is 4.18. The lowest BCUT2D eigenvalue weighted by Gasteiger charge is -2.29. The molecule has 0 aliphatic heterocycles. The molecule has 2 nitrogen and oxygen atoms in total. The van der Waals surface area contributed by atoms with E-state index in [1.807, 2.05) is 12.1 Å². The molecular weight excluding hydrogens is 281 g/mol. The van der Waals surface area contributed by atoms with Gasteiger partial charge in [0.15, 0.2) is 5.76 Å². The number of rotatable bonds is 2. The molecule has 1 aromatic heterocycles. The summed E-state index contributed by atoms with van der Waals surface area (Å²) < 4.78 is 43.9. The van der Waals surface area contributed by atoms with E-state index in [-0.39, 0.29) is 24.4 Å². The summed E-state index contributed by atoms with van der Waals surface area (Å²) >= 11 is 0. The first-order valence-electron chi connectivity index (χ1n) is 7.04. The van der Waals surface area contributed by atoms with E-state index in [1.54, 1.807) is 18.2 Å². The number of furan rings is 1. The van der Waals surface area contributed by atoms with E-state index < -0.39 is 18.0 Å². The fraction of sp³-hybridized carbons (Fsp3) is 0.438. The molecular formula is C16H15F3O2. The Balaban J connectivity index is 1.81. The van der Waals surface area contributed by atoms with Crippen molar-refractivity contribution in [1.29, 1.82) is 0 Å². The van der Waals surface area contributed by atoms with Crippen molar-refractivity contribution in [3.63, 3.8) is 0 Å². The molecule has 112 valence electrons. The molecule has 1 heterocycles. The molecule has 1 aliphatic rings. The molecule has 0 bridgehead atoms. The van der Waals surface area contributed by atoms with Crippen molar-refractivity contribution in [3.8, 4) is 0 Å². The minimum atomic E-state index is -4.22. The molecule has 1 aliphatic carbocycles. The molecule has 1 saturated carbocycles. The van der Waals surface area contributed by atoms with Gasteiger partial charge in [0.25, 0.3) is 0 Å². The van der Waals surface area contributed by atoms with E-state index in [0.29, 0.717) is 18.4 Å². The van der Waals surface area contributed by atoms with Crippen LogP contribution in [0.2, 0.25) is 0 Å². The Morgan fingerprint density at radius 3 is 2.67 bits per heavy atom. The lowest BCUT2D eigenvalue weighted by atomic mass is 9.78. The highest BCUT2D eigenvalue weighted by Crippen LogP contribution is 2.41. The largest absolute Gasteiger partial charge is 0.453 e. The maximum atomic E-state index is 12.8. The van der Waals surface area contributed by atoms with E-state index in [0.717, 1.165) is 5.39 Å². The van der Waals surface area contributed by atoms with Crippen molar-refractivity contribution >= 4 is 16.8 Å². The third-order valence-electron chi connectivity index (χ3n) is 4.18. The summed E-state index contributed by atoms with van der Waals surface area (Å²) in [5.74, 6) is -2.10. The Morgan fingerprint density at radius 2 is 1.95 bits per heavy atom. The van der Waals surface area contributed by atoms with Crippen LogP contribution in [0.3, 0.4) is 0 Å². The average molecular weight is 296 g/mol. The lowest BCUT2D eigenvalue weighted by Crippen LogP contribution is -2.31. The molecule has 3 rings (SSSR count). The number of Topliss-reactive ketones (excluding diaryl/α,β-unsaturated/α-hetero) is 1. The second-order valence-corrected chi connectivity index (χ2v) is 5.61. The monoisotopic (exact) mass is 296 g/mol. The number of ketones is 1. The summed E-state index contributed by atoms with van der Waals surface area (Å²) in [6.45, 7) is 0. The van der Waals surface area contributed by atoms with Gasteiger partial charge in [0.1, 0.15) is 5.58 Å². The fourth-order valence-electron chi connectivity index (χ4n) is 3.03. The van der Waals surface area contributed by atoms with Crippen molar-refractivity contribution in [2.75, 3.05) is 0 Å². The summed E-state index contributed by atoms with van der Waals surface area (Å²) in [6.07, 6.45) is -3.29. The summed E-state index contributed by atoms with van der Waals surface area (Å²) in [5.41, 5.74) is 0.587. The van der Waals surface area contributed by atoms with Crippen molar-refractivity contribution in [1.82, 2.24) is 0 Å². The molecule has 0 spiro atoms. The normalized spacial score (nSPS) is 23.4. The first-order chi connectivity index (χ1) is 9.95. The first kappa shape index (κ1) is 14.2. The summed E-state index contributed by atoms with van der Waals surface area (Å²) in [7, 11) is 0. The standard InChI is InChI=1S/C16H15F3O2/c17-16(18,19)12-6-3-5-11(8-12)15(20)14-9-10-4-1-2-7-13(10)21-14/h1-2,4,7,9,11-12H,3,5-6,8H2. The van der Waals surface area contributed by atoms with Crippen LogP contribution in [-0.4, -0.2) is 12.0 Å². The minimum Gasteiger partial charge on any atom is -0.453 e. The number of fused-ring (bicyclic) bond motifs is 1. The topological polar surface area (TPSA) is 30.2 Å². The van der Waals surface area contributed by atoms with Crippen LogP contribution in [0.4, 0.5) is 13.2 Å². The number of hydrogen-bond donors (Lipinski definition) is 0. The van der Waals surface area contributed by atoms with Crippen molar-refractivity contribution in [2.24, 2.45) is 11.8 Å². The minimum absolute atomic E-state index is 0.118. The summed E-state index contributed by atoms with van der Waals surface area (Å²) in [4.78, 5) is 12.4. The highest BCUT2D eigenvalue weighted by molar-refractivity contribution is 5.99. The Morgan fingerprint density at radius 1 is 1.19 bits per heavy atom. The van der Waals surface area contributed by atoms with Crippen LogP contribution in [0.5, 0.6) is 0 Å². The van der Waals surface area contributed by atoms with Crippen LogP contribution >= 0.6 is 0 Å². The van der Waals surface area contributed by atoms with Gasteiger partial charge in [-0.1, -0.05) is 24.6 Å². The van der Waals surface area contributed by atoms with E-state index in [2.05, 4.69) is 0 Å². The molecule has 0 N–H and O–H groups in total. The fourth-order valence-corrected chi connectivity index (χ4v) is 3.03. The molecule has 0 saturated heterocycles. The van der Waals surface area contributed by atoms with Crippen LogP contribution in [-0.2, 0) is 0 Å². The second kappa shape index (κ2) is 5.20. The molecule has 21 heavy (non-hydrogen) atoms. The zero-order valence-corrected chi connectivity index (χ0v) is 11.3. The molecule has 1 fully saturated rings. The molecule has 1 aromatic carbocycles. The van der Waals surface area contributed by atoms with Crippen LogP contribution in [0.1, 0.15) is 36.2 Å². The predicted octanol–water partition coefficient (Wildman–Crippen LogP) is 4.98. The Labute approximate surface area is 119 Å². The number of halogens is 3. The van der Waals surface area contributed by atoms with Crippen LogP contribution < -0.4 is 0 Å². The third kappa shape index (κ3) is 2.82. The van der Waals surface area contributed by atoms with Crippen LogP contribution in [0, 0.1) is 11.8 Å². The Hall–Kier alpha value is -1.78. The van der Waals surface area contributed by atoms with Gasteiger partial charge in [-0.3, -0.25) is 4.79 Å². The summed E-state index contributed by atoms with van der Waals surface area (Å²) in [5, 5.41) is 0.795. The molecule has 5 heteroatoms. The average Bonchev–Trinajstić information content (AvgIpc) is 2.89. The number of hydrogen-bond acceptors (Lipinski definition) is 2. The van der Waals surface area contributed by atoms with Gasteiger partial charge in [-0.2, -0.15) is 13.2 Å². The van der Waals surface area contributed by atoms with Gasteiger partial charge in [0, 0.05) is 11.3 Å². The highest BCUT2D eigenvalue weighted by atomic mass is 19.4. The van der Waals surface area contributed by atoms with Crippen LogP contribution in [0.15, 0.2) is 34.7 Å². The van der Waals surface area contributed by atoms with E-state index in [9.17, 15) is 18.0 Å². The Bertz CT molecular complexity index is 624. The van der Waals surface area contributed by atoms with Gasteiger partial charge in [-0.15, -0.1) is 0 Å². The maximum Gasteiger partial charge on any atom is 0.391 e. The number of para-hydroxylation sites is 1. The maximum absolute atomic E-state index is 12.8. The number of carbonyl (C=O) groups excluding carboxylic acids is 1. The number of benzene rings is 1. The van der Waals surface area contributed by atoms with Gasteiger partial charge in [0.05, 0.1) is 5.92 Å². The smallest absolute Gasteiger partial charge is 0.391 e. The van der Waals surface area contributed by atoms with Crippen molar-refractivity contribution in [3.05, 3.63) is 36.1 Å². The van der Waals surface area contributed by atoms with Gasteiger partial charge in [-0.25, -0.2) is 0 Å². The van der Waals surface area contributed by atoms with Gasteiger partial charge >= 0.3 is 6.18 Å². The van der Waals surface area contributed by atoms with Crippen LogP contribution in [0.25, 0.3) is 11.0 Å². The predicted molar refractivity (Wildman–Crippen MR) is 72.0 cm³/mol. The van der Waals surface area contributed by atoms with Gasteiger partial charge < -0.3 is 4.42 Å². The molecule has 2 unspecified atom stereocenters. The lowest BCUT2D eigenvalue weighted by molar-refractivity contribution is -0.184. The molecule has 0 amide bonds. The number of carbonyl (C=O) groups is 1. The quantitative estimate of drug-likeness (QED) is 0.731. The first-order valence-corrected chi connectivity index (χ1v) is 7.04. The van der Waals surface area contributed by atoms with Crippen molar-refractivity contribution < 1.29 is 22.4 Å². The summed E-state index contributed by atoms with van der Waals surface area (Å²) in [6, 6.07) is 8.79. The zero-order chi connectivity index (χ0) is 15.0. The Kier molecular flexibility index (Phi) is 3.51.